The lowest BCUT2D eigenvalue weighted by molar-refractivity contribution is 0.282. The maximum Gasteiger partial charge on any atom is 0.0655 e. The molecule has 1 N–H and O–H groups in total. The molecule has 0 aromatic rings. The van der Waals surface area contributed by atoms with E-state index >= 15 is 0 Å². The van der Waals surface area contributed by atoms with Gasteiger partial charge in [-0.2, -0.15) is 0 Å². The Morgan fingerprint density at radius 1 is 1.55 bits per heavy atom. The predicted octanol–water partition coefficient (Wildman–Crippen LogP) is 2.68. The van der Waals surface area contributed by atoms with Crippen molar-refractivity contribution < 1.29 is 5.11 Å². The second-order valence-electron chi connectivity index (χ2n) is 4.01. The number of hydrogen-bond acceptors (Lipinski definition) is 1. The molecule has 0 amide bonds. The van der Waals surface area contributed by atoms with Crippen LogP contribution in [0, 0.1) is 5.41 Å². The van der Waals surface area contributed by atoms with Crippen molar-refractivity contribution >= 4 is 11.6 Å². The molecular weight excluding hydrogens is 160 g/mol. The SMILES string of the molecule is CC1(C)CCC(CO)=C(Cl)C1. The lowest BCUT2D eigenvalue weighted by Gasteiger charge is -2.30. The van der Waals surface area contributed by atoms with Crippen LogP contribution in [-0.4, -0.2) is 11.7 Å². The maximum atomic E-state index is 8.89. The van der Waals surface area contributed by atoms with Gasteiger partial charge in [-0.15, -0.1) is 0 Å². The van der Waals surface area contributed by atoms with E-state index in [1.54, 1.807) is 0 Å². The molecule has 0 aromatic carbocycles. The molecule has 1 rings (SSSR count). The molecule has 0 unspecified atom stereocenters. The minimum absolute atomic E-state index is 0.134. The standard InChI is InChI=1S/C9H15ClO/c1-9(2)4-3-7(6-11)8(10)5-9/h11H,3-6H2,1-2H3. The van der Waals surface area contributed by atoms with Gasteiger partial charge in [0, 0.05) is 5.03 Å². The summed E-state index contributed by atoms with van der Waals surface area (Å²) in [4.78, 5) is 0. The summed E-state index contributed by atoms with van der Waals surface area (Å²) in [7, 11) is 0. The largest absolute Gasteiger partial charge is 0.392 e. The van der Waals surface area contributed by atoms with Gasteiger partial charge in [-0.05, 0) is 30.3 Å². The fourth-order valence-electron chi connectivity index (χ4n) is 1.42. The van der Waals surface area contributed by atoms with Crippen LogP contribution in [0.2, 0.25) is 0 Å². The maximum absolute atomic E-state index is 8.89. The van der Waals surface area contributed by atoms with Gasteiger partial charge in [-0.3, -0.25) is 0 Å². The zero-order chi connectivity index (χ0) is 8.48. The monoisotopic (exact) mass is 174 g/mol. The van der Waals surface area contributed by atoms with E-state index in [4.69, 9.17) is 16.7 Å². The Balaban J connectivity index is 2.71. The van der Waals surface area contributed by atoms with Crippen LogP contribution in [0.4, 0.5) is 0 Å². The normalized spacial score (nSPS) is 24.0. The van der Waals surface area contributed by atoms with Gasteiger partial charge in [0.25, 0.3) is 0 Å². The van der Waals surface area contributed by atoms with Crippen molar-refractivity contribution in [3.05, 3.63) is 10.6 Å². The molecule has 1 aliphatic rings. The molecule has 0 aliphatic heterocycles. The smallest absolute Gasteiger partial charge is 0.0655 e. The Morgan fingerprint density at radius 3 is 2.64 bits per heavy atom. The van der Waals surface area contributed by atoms with E-state index in [1.807, 2.05) is 0 Å². The molecule has 0 aromatic heterocycles. The number of allylic oxidation sites excluding steroid dienone is 1. The number of aliphatic hydroxyl groups excluding tert-OH is 1. The first-order valence-electron chi connectivity index (χ1n) is 4.02. The van der Waals surface area contributed by atoms with Crippen LogP contribution in [0.1, 0.15) is 33.1 Å². The van der Waals surface area contributed by atoms with E-state index in [1.165, 1.54) is 0 Å². The topological polar surface area (TPSA) is 20.2 Å². The summed E-state index contributed by atoms with van der Waals surface area (Å²) in [5.74, 6) is 0. The Morgan fingerprint density at radius 2 is 2.18 bits per heavy atom. The van der Waals surface area contributed by atoms with Crippen molar-refractivity contribution in [2.24, 2.45) is 5.41 Å². The van der Waals surface area contributed by atoms with Crippen molar-refractivity contribution in [1.29, 1.82) is 0 Å². The predicted molar refractivity (Wildman–Crippen MR) is 47.6 cm³/mol. The van der Waals surface area contributed by atoms with Crippen LogP contribution in [0.5, 0.6) is 0 Å². The van der Waals surface area contributed by atoms with Crippen molar-refractivity contribution in [3.8, 4) is 0 Å². The number of aliphatic hydroxyl groups is 1. The molecule has 1 aliphatic carbocycles. The molecule has 0 bridgehead atoms. The van der Waals surface area contributed by atoms with E-state index < -0.39 is 0 Å². The highest BCUT2D eigenvalue weighted by atomic mass is 35.5. The summed E-state index contributed by atoms with van der Waals surface area (Å²) in [5.41, 5.74) is 1.36. The van der Waals surface area contributed by atoms with E-state index in [9.17, 15) is 0 Å². The van der Waals surface area contributed by atoms with Gasteiger partial charge in [0.15, 0.2) is 0 Å². The molecule has 2 heteroatoms. The fraction of sp³-hybridized carbons (Fsp3) is 0.778. The van der Waals surface area contributed by atoms with Crippen molar-refractivity contribution in [2.75, 3.05) is 6.61 Å². The average molecular weight is 175 g/mol. The Bertz CT molecular complexity index is 182. The minimum atomic E-state index is 0.134. The highest BCUT2D eigenvalue weighted by Gasteiger charge is 2.25. The summed E-state index contributed by atoms with van der Waals surface area (Å²) >= 11 is 5.99. The molecule has 64 valence electrons. The highest BCUT2D eigenvalue weighted by molar-refractivity contribution is 6.30. The van der Waals surface area contributed by atoms with Crippen molar-refractivity contribution in [1.82, 2.24) is 0 Å². The van der Waals surface area contributed by atoms with Crippen LogP contribution in [0.15, 0.2) is 10.6 Å². The van der Waals surface area contributed by atoms with E-state index in [0.717, 1.165) is 29.9 Å². The van der Waals surface area contributed by atoms with Gasteiger partial charge in [0.1, 0.15) is 0 Å². The molecule has 0 saturated carbocycles. The van der Waals surface area contributed by atoms with Crippen molar-refractivity contribution in [2.45, 2.75) is 33.1 Å². The average Bonchev–Trinajstić information content (AvgIpc) is 1.86. The quantitative estimate of drug-likeness (QED) is 0.648. The van der Waals surface area contributed by atoms with Gasteiger partial charge in [-0.1, -0.05) is 25.4 Å². The Kier molecular flexibility index (Phi) is 2.61. The summed E-state index contributed by atoms with van der Waals surface area (Å²) in [5, 5.41) is 9.77. The molecule has 0 heterocycles. The third-order valence-corrected chi connectivity index (χ3v) is 2.71. The third kappa shape index (κ3) is 2.21. The van der Waals surface area contributed by atoms with Crippen LogP contribution < -0.4 is 0 Å². The first kappa shape index (κ1) is 9.08. The number of rotatable bonds is 1. The zero-order valence-corrected chi connectivity index (χ0v) is 7.91. The van der Waals surface area contributed by atoms with Gasteiger partial charge < -0.3 is 5.11 Å². The molecule has 0 spiro atoms. The lowest BCUT2D eigenvalue weighted by Crippen LogP contribution is -2.17. The van der Waals surface area contributed by atoms with Gasteiger partial charge in [0.2, 0.25) is 0 Å². The molecule has 11 heavy (non-hydrogen) atoms. The number of halogens is 1. The van der Waals surface area contributed by atoms with E-state index in [-0.39, 0.29) is 6.61 Å². The van der Waals surface area contributed by atoms with Crippen LogP contribution in [-0.2, 0) is 0 Å². The van der Waals surface area contributed by atoms with E-state index in [0.29, 0.717) is 5.41 Å². The van der Waals surface area contributed by atoms with Crippen LogP contribution in [0.3, 0.4) is 0 Å². The fourth-order valence-corrected chi connectivity index (χ4v) is 1.94. The summed E-state index contributed by atoms with van der Waals surface area (Å²) in [6.45, 7) is 4.56. The van der Waals surface area contributed by atoms with Crippen LogP contribution >= 0.6 is 11.6 Å². The molecule has 1 nitrogen and oxygen atoms in total. The van der Waals surface area contributed by atoms with Gasteiger partial charge in [0.05, 0.1) is 6.61 Å². The molecule has 0 saturated heterocycles. The number of hydrogen-bond donors (Lipinski definition) is 1. The van der Waals surface area contributed by atoms with E-state index in [2.05, 4.69) is 13.8 Å². The third-order valence-electron chi connectivity index (χ3n) is 2.31. The molecule has 0 radical (unpaired) electrons. The van der Waals surface area contributed by atoms with Gasteiger partial charge >= 0.3 is 0 Å². The first-order chi connectivity index (χ1) is 5.05. The molecule has 0 atom stereocenters. The second-order valence-corrected chi connectivity index (χ2v) is 4.46. The summed E-state index contributed by atoms with van der Waals surface area (Å²) in [6.07, 6.45) is 3.02. The van der Waals surface area contributed by atoms with Crippen molar-refractivity contribution in [3.63, 3.8) is 0 Å². The second kappa shape index (κ2) is 3.16. The molecular formula is C9H15ClO. The Hall–Kier alpha value is -0.0100. The summed E-state index contributed by atoms with van der Waals surface area (Å²) in [6, 6.07) is 0. The Labute approximate surface area is 73.1 Å². The minimum Gasteiger partial charge on any atom is -0.392 e. The summed E-state index contributed by atoms with van der Waals surface area (Å²) < 4.78 is 0. The lowest BCUT2D eigenvalue weighted by atomic mass is 9.78. The van der Waals surface area contributed by atoms with Gasteiger partial charge in [-0.25, -0.2) is 0 Å². The van der Waals surface area contributed by atoms with Crippen LogP contribution in [0.25, 0.3) is 0 Å². The zero-order valence-electron chi connectivity index (χ0n) is 7.15. The first-order valence-corrected chi connectivity index (χ1v) is 4.40. The highest BCUT2D eigenvalue weighted by Crippen LogP contribution is 2.39. The molecule has 0 fully saturated rings.